The van der Waals surface area contributed by atoms with E-state index >= 15 is 0 Å². The number of nitrogens with zero attached hydrogens (tertiary/aromatic N) is 1. The first kappa shape index (κ1) is 15.7. The van der Waals surface area contributed by atoms with E-state index < -0.39 is 23.6 Å². The second-order valence-corrected chi connectivity index (χ2v) is 4.66. The van der Waals surface area contributed by atoms with Crippen molar-refractivity contribution < 1.29 is 19.8 Å². The fourth-order valence-corrected chi connectivity index (χ4v) is 1.17. The van der Waals surface area contributed by atoms with Gasteiger partial charge in [-0.05, 0) is 20.3 Å². The van der Waals surface area contributed by atoms with Crippen molar-refractivity contribution in [2.75, 3.05) is 13.7 Å². The number of carbonyl (C=O) groups is 2. The van der Waals surface area contributed by atoms with Gasteiger partial charge in [-0.1, -0.05) is 13.3 Å². The quantitative estimate of drug-likeness (QED) is 0.642. The number of likely N-dealkylation sites (N-methyl/N-ethyl adjacent to an activating group) is 1. The molecule has 0 aliphatic carbocycles. The molecule has 0 saturated carbocycles. The van der Waals surface area contributed by atoms with E-state index in [1.807, 2.05) is 6.92 Å². The molecule has 0 aliphatic rings. The molecule has 0 aromatic heterocycles. The lowest BCUT2D eigenvalue weighted by Gasteiger charge is -2.34. The van der Waals surface area contributed by atoms with Crippen molar-refractivity contribution in [3.8, 4) is 0 Å². The summed E-state index contributed by atoms with van der Waals surface area (Å²) >= 11 is 0. The lowest BCUT2D eigenvalue weighted by atomic mass is 10.1. The first-order chi connectivity index (χ1) is 7.76. The highest BCUT2D eigenvalue weighted by Crippen LogP contribution is 2.11. The van der Waals surface area contributed by atoms with E-state index in [1.54, 1.807) is 13.8 Å². The molecule has 0 spiro atoms. The number of aliphatic hydroxyl groups excluding tert-OH is 1. The highest BCUT2D eigenvalue weighted by atomic mass is 16.4. The molecule has 17 heavy (non-hydrogen) atoms. The maximum Gasteiger partial charge on any atom is 0.326 e. The predicted octanol–water partition coefficient (Wildman–Crippen LogP) is 0.652. The summed E-state index contributed by atoms with van der Waals surface area (Å²) in [5, 5.41) is 20.5. The Morgan fingerprint density at radius 2 is 1.94 bits per heavy atom. The third-order valence-corrected chi connectivity index (χ3v) is 2.77. The van der Waals surface area contributed by atoms with Crippen LogP contribution in [0.3, 0.4) is 0 Å². The van der Waals surface area contributed by atoms with Crippen molar-refractivity contribution in [1.29, 1.82) is 0 Å². The SMILES string of the molecule is CCC[C@@H](NC(=O)N(C)C(C)(C)CO)C(=O)O. The van der Waals surface area contributed by atoms with Gasteiger partial charge >= 0.3 is 12.0 Å². The van der Waals surface area contributed by atoms with Crippen LogP contribution in [0.15, 0.2) is 0 Å². The highest BCUT2D eigenvalue weighted by Gasteiger charge is 2.29. The summed E-state index contributed by atoms with van der Waals surface area (Å²) in [5.74, 6) is -1.05. The molecule has 0 bridgehead atoms. The number of carboxylic acids is 1. The minimum atomic E-state index is -1.05. The highest BCUT2D eigenvalue weighted by molar-refractivity contribution is 5.82. The standard InChI is InChI=1S/C11H22N2O4/c1-5-6-8(9(15)16)12-10(17)13(4)11(2,3)7-14/h8,14H,5-7H2,1-4H3,(H,12,17)(H,15,16)/t8-/m1/s1. The number of urea groups is 1. The molecule has 0 radical (unpaired) electrons. The summed E-state index contributed by atoms with van der Waals surface area (Å²) in [6, 6.07) is -1.38. The molecule has 0 aliphatic heterocycles. The van der Waals surface area contributed by atoms with Crippen LogP contribution in [-0.4, -0.2) is 52.3 Å². The molecule has 1 atom stereocenters. The Kier molecular flexibility index (Phi) is 5.95. The van der Waals surface area contributed by atoms with Crippen molar-refractivity contribution >= 4 is 12.0 Å². The van der Waals surface area contributed by atoms with Crippen molar-refractivity contribution in [2.24, 2.45) is 0 Å². The summed E-state index contributed by atoms with van der Waals surface area (Å²) in [5.41, 5.74) is -0.723. The van der Waals surface area contributed by atoms with E-state index in [9.17, 15) is 9.59 Å². The monoisotopic (exact) mass is 246 g/mol. The second-order valence-electron chi connectivity index (χ2n) is 4.66. The maximum absolute atomic E-state index is 11.8. The number of carbonyl (C=O) groups excluding carboxylic acids is 1. The van der Waals surface area contributed by atoms with Gasteiger partial charge in [0.25, 0.3) is 0 Å². The Morgan fingerprint density at radius 1 is 1.41 bits per heavy atom. The van der Waals surface area contributed by atoms with Crippen LogP contribution in [0.4, 0.5) is 4.79 Å². The van der Waals surface area contributed by atoms with E-state index in [1.165, 1.54) is 11.9 Å². The van der Waals surface area contributed by atoms with Crippen LogP contribution in [0, 0.1) is 0 Å². The Balaban J connectivity index is 4.56. The van der Waals surface area contributed by atoms with E-state index in [0.717, 1.165) is 0 Å². The number of aliphatic carboxylic acids is 1. The summed E-state index contributed by atoms with van der Waals surface area (Å²) in [4.78, 5) is 24.0. The summed E-state index contributed by atoms with van der Waals surface area (Å²) < 4.78 is 0. The van der Waals surface area contributed by atoms with E-state index in [4.69, 9.17) is 10.2 Å². The Morgan fingerprint density at radius 3 is 2.29 bits per heavy atom. The Bertz CT molecular complexity index is 279. The van der Waals surface area contributed by atoms with E-state index in [2.05, 4.69) is 5.32 Å². The molecule has 2 amide bonds. The molecule has 0 saturated heterocycles. The molecule has 0 fully saturated rings. The van der Waals surface area contributed by atoms with Gasteiger partial charge in [0.15, 0.2) is 0 Å². The number of carboxylic acid groups (broad SMARTS) is 1. The van der Waals surface area contributed by atoms with Gasteiger partial charge in [-0.2, -0.15) is 0 Å². The van der Waals surface area contributed by atoms with Gasteiger partial charge in [0.05, 0.1) is 12.1 Å². The second kappa shape index (κ2) is 6.44. The fraction of sp³-hybridized carbons (Fsp3) is 0.818. The number of nitrogens with one attached hydrogen (secondary N) is 1. The average Bonchev–Trinajstić information content (AvgIpc) is 2.27. The number of rotatable bonds is 6. The van der Waals surface area contributed by atoms with Crippen molar-refractivity contribution in [1.82, 2.24) is 10.2 Å². The van der Waals surface area contributed by atoms with Crippen LogP contribution in [-0.2, 0) is 4.79 Å². The smallest absolute Gasteiger partial charge is 0.326 e. The van der Waals surface area contributed by atoms with Gasteiger partial charge < -0.3 is 20.4 Å². The molecule has 6 heteroatoms. The molecule has 6 nitrogen and oxygen atoms in total. The van der Waals surface area contributed by atoms with Crippen molar-refractivity contribution in [3.05, 3.63) is 0 Å². The van der Waals surface area contributed by atoms with Crippen LogP contribution in [0.1, 0.15) is 33.6 Å². The molecule has 0 rings (SSSR count). The Hall–Kier alpha value is -1.30. The molecular formula is C11H22N2O4. The first-order valence-electron chi connectivity index (χ1n) is 5.64. The van der Waals surface area contributed by atoms with Crippen LogP contribution in [0.2, 0.25) is 0 Å². The van der Waals surface area contributed by atoms with Crippen molar-refractivity contribution in [2.45, 2.75) is 45.2 Å². The Labute approximate surface area is 102 Å². The van der Waals surface area contributed by atoms with Crippen LogP contribution in [0.5, 0.6) is 0 Å². The fourth-order valence-electron chi connectivity index (χ4n) is 1.17. The van der Waals surface area contributed by atoms with Gasteiger partial charge in [0.2, 0.25) is 0 Å². The van der Waals surface area contributed by atoms with Gasteiger partial charge in [-0.25, -0.2) is 9.59 Å². The third kappa shape index (κ3) is 4.60. The zero-order chi connectivity index (χ0) is 13.6. The largest absolute Gasteiger partial charge is 0.480 e. The predicted molar refractivity (Wildman–Crippen MR) is 63.8 cm³/mol. The summed E-state index contributed by atoms with van der Waals surface area (Å²) in [7, 11) is 1.52. The molecule has 0 aromatic rings. The number of aliphatic hydroxyl groups is 1. The number of amides is 2. The van der Waals surface area contributed by atoms with E-state index in [0.29, 0.717) is 12.8 Å². The van der Waals surface area contributed by atoms with Gasteiger partial charge in [-0.15, -0.1) is 0 Å². The van der Waals surface area contributed by atoms with Crippen LogP contribution < -0.4 is 5.32 Å². The average molecular weight is 246 g/mol. The maximum atomic E-state index is 11.8. The lowest BCUT2D eigenvalue weighted by Crippen LogP contribution is -2.54. The topological polar surface area (TPSA) is 89.9 Å². The van der Waals surface area contributed by atoms with Gasteiger partial charge in [0, 0.05) is 7.05 Å². The molecule has 0 unspecified atom stereocenters. The molecule has 0 aromatic carbocycles. The zero-order valence-electron chi connectivity index (χ0n) is 10.9. The first-order valence-corrected chi connectivity index (χ1v) is 5.64. The summed E-state index contributed by atoms with van der Waals surface area (Å²) in [6.07, 6.45) is 1.05. The zero-order valence-corrected chi connectivity index (χ0v) is 10.9. The molecule has 0 heterocycles. The van der Waals surface area contributed by atoms with E-state index in [-0.39, 0.29) is 6.61 Å². The number of hydrogen-bond donors (Lipinski definition) is 3. The summed E-state index contributed by atoms with van der Waals surface area (Å²) in [6.45, 7) is 5.05. The third-order valence-electron chi connectivity index (χ3n) is 2.77. The normalized spacial score (nSPS) is 13.0. The minimum Gasteiger partial charge on any atom is -0.480 e. The van der Waals surface area contributed by atoms with Crippen LogP contribution >= 0.6 is 0 Å². The molecular weight excluding hydrogens is 224 g/mol. The van der Waals surface area contributed by atoms with Crippen LogP contribution in [0.25, 0.3) is 0 Å². The molecule has 100 valence electrons. The van der Waals surface area contributed by atoms with Crippen molar-refractivity contribution in [3.63, 3.8) is 0 Å². The van der Waals surface area contributed by atoms with Gasteiger partial charge in [0.1, 0.15) is 6.04 Å². The molecule has 3 N–H and O–H groups in total. The number of hydrogen-bond acceptors (Lipinski definition) is 3. The minimum absolute atomic E-state index is 0.192. The van der Waals surface area contributed by atoms with Gasteiger partial charge in [-0.3, -0.25) is 0 Å². The lowest BCUT2D eigenvalue weighted by molar-refractivity contribution is -0.139.